The molecule has 2 heterocycles. The molecular formula is C38H30N4S. The summed E-state index contributed by atoms with van der Waals surface area (Å²) in [6, 6.07) is 30.5. The summed E-state index contributed by atoms with van der Waals surface area (Å²) in [6.45, 7) is 18.5. The lowest BCUT2D eigenvalue weighted by Gasteiger charge is -2.29. The molecule has 0 bridgehead atoms. The highest BCUT2D eigenvalue weighted by molar-refractivity contribution is 7.16. The Morgan fingerprint density at radius 1 is 0.837 bits per heavy atom. The molecule has 4 nitrogen and oxygen atoms in total. The minimum atomic E-state index is -0.254. The Morgan fingerprint density at radius 3 is 2.26 bits per heavy atom. The number of aromatic nitrogens is 1. The number of benzene rings is 3. The number of fused-ring (bicyclic) bond motifs is 6. The maximum Gasteiger partial charge on any atom is 0.263 e. The van der Waals surface area contributed by atoms with Gasteiger partial charge in [0, 0.05) is 43.7 Å². The molecule has 0 amide bonds. The first kappa shape index (κ1) is 26.9. The van der Waals surface area contributed by atoms with Gasteiger partial charge in [0.1, 0.15) is 5.82 Å². The van der Waals surface area contributed by atoms with Crippen LogP contribution in [0.4, 0.5) is 17.2 Å². The molecule has 0 unspecified atom stereocenters. The number of nitriles is 1. The molecule has 5 heteroatoms. The van der Waals surface area contributed by atoms with Gasteiger partial charge in [0.2, 0.25) is 0 Å². The second kappa shape index (κ2) is 9.53. The molecule has 2 aliphatic rings. The maximum atomic E-state index is 9.26. The Kier molecular flexibility index (Phi) is 5.96. The van der Waals surface area contributed by atoms with Crippen LogP contribution in [0.2, 0.25) is 0 Å². The van der Waals surface area contributed by atoms with Crippen molar-refractivity contribution in [3.05, 3.63) is 135 Å². The molecule has 0 saturated carbocycles. The highest BCUT2D eigenvalue weighted by Gasteiger charge is 2.39. The Hall–Kier alpha value is -4.97. The first-order valence-electron chi connectivity index (χ1n) is 14.4. The van der Waals surface area contributed by atoms with Crippen LogP contribution in [0.15, 0.2) is 90.8 Å². The van der Waals surface area contributed by atoms with Gasteiger partial charge < -0.3 is 0 Å². The molecule has 0 radical (unpaired) electrons. The van der Waals surface area contributed by atoms with Gasteiger partial charge >= 0.3 is 0 Å². The molecule has 208 valence electrons. The SMILES string of the molecule is [C-]#[N+]/C(C#N)=C\c1cc2c(s1)-c1cnc(N(c3ccc(C)cc3)c3ccc4c(c3)C(C)(C)c3ccccc3-4)cc1C2(C)C. The molecule has 0 fully saturated rings. The van der Waals surface area contributed by atoms with Gasteiger partial charge in [0.25, 0.3) is 5.70 Å². The number of hydrogen-bond donors (Lipinski definition) is 0. The van der Waals surface area contributed by atoms with Gasteiger partial charge in [0.15, 0.2) is 0 Å². The van der Waals surface area contributed by atoms with Crippen molar-refractivity contribution < 1.29 is 0 Å². The van der Waals surface area contributed by atoms with E-state index < -0.39 is 0 Å². The summed E-state index contributed by atoms with van der Waals surface area (Å²) in [7, 11) is 0. The summed E-state index contributed by atoms with van der Waals surface area (Å²) in [4.78, 5) is 12.8. The molecule has 0 N–H and O–H groups in total. The summed E-state index contributed by atoms with van der Waals surface area (Å²) in [5, 5.41) is 9.26. The van der Waals surface area contributed by atoms with Crippen molar-refractivity contribution >= 4 is 34.6 Å². The van der Waals surface area contributed by atoms with Crippen molar-refractivity contribution in [3.8, 4) is 27.6 Å². The normalized spacial score (nSPS) is 15.1. The Bertz CT molecular complexity index is 2050. The molecule has 2 aromatic heterocycles. The van der Waals surface area contributed by atoms with E-state index in [9.17, 15) is 5.26 Å². The van der Waals surface area contributed by atoms with Crippen LogP contribution in [0, 0.1) is 24.8 Å². The van der Waals surface area contributed by atoms with E-state index in [4.69, 9.17) is 11.6 Å². The molecule has 2 aliphatic carbocycles. The van der Waals surface area contributed by atoms with E-state index in [1.807, 2.05) is 12.3 Å². The molecule has 43 heavy (non-hydrogen) atoms. The van der Waals surface area contributed by atoms with Crippen molar-refractivity contribution in [2.24, 2.45) is 0 Å². The maximum absolute atomic E-state index is 9.26. The first-order valence-corrected chi connectivity index (χ1v) is 15.2. The minimum Gasteiger partial charge on any atom is -0.295 e. The van der Waals surface area contributed by atoms with Crippen molar-refractivity contribution in [1.29, 1.82) is 5.26 Å². The van der Waals surface area contributed by atoms with E-state index in [0.717, 1.165) is 32.5 Å². The van der Waals surface area contributed by atoms with Gasteiger partial charge in [-0.1, -0.05) is 75.7 Å². The number of pyridine rings is 1. The lowest BCUT2D eigenvalue weighted by Crippen LogP contribution is -2.18. The zero-order valence-corrected chi connectivity index (χ0v) is 25.7. The van der Waals surface area contributed by atoms with Gasteiger partial charge in [-0.2, -0.15) is 0 Å². The molecule has 3 aromatic carbocycles. The van der Waals surface area contributed by atoms with E-state index in [-0.39, 0.29) is 16.5 Å². The van der Waals surface area contributed by atoms with E-state index in [0.29, 0.717) is 0 Å². The summed E-state index contributed by atoms with van der Waals surface area (Å²) >= 11 is 1.62. The van der Waals surface area contributed by atoms with E-state index in [1.54, 1.807) is 17.4 Å². The summed E-state index contributed by atoms with van der Waals surface area (Å²) in [5.41, 5.74) is 11.9. The standard InChI is InChI=1S/C38H30N4S/c1-23-11-13-25(14-12-23)42(26-15-16-29-28-9-7-8-10-31(28)37(2,3)32(29)18-26)35-20-33-30(22-41-35)36-34(38(33,4)5)19-27(43-36)17-24(21-39)40-6/h7-20,22H,1-5H3/b24-17-. The number of hydrogen-bond acceptors (Lipinski definition) is 4. The fraction of sp³-hybridized carbons (Fsp3) is 0.184. The van der Waals surface area contributed by atoms with Crippen LogP contribution in [-0.2, 0) is 10.8 Å². The van der Waals surface area contributed by atoms with Crippen LogP contribution < -0.4 is 4.90 Å². The van der Waals surface area contributed by atoms with Crippen LogP contribution in [0.5, 0.6) is 0 Å². The lowest BCUT2D eigenvalue weighted by molar-refractivity contribution is 0.660. The second-order valence-electron chi connectivity index (χ2n) is 12.4. The zero-order valence-electron chi connectivity index (χ0n) is 24.9. The second-order valence-corrected chi connectivity index (χ2v) is 13.5. The molecule has 0 atom stereocenters. The summed E-state index contributed by atoms with van der Waals surface area (Å²) < 4.78 is 0. The largest absolute Gasteiger partial charge is 0.295 e. The number of aryl methyl sites for hydroxylation is 1. The van der Waals surface area contributed by atoms with Crippen molar-refractivity contribution in [2.45, 2.75) is 45.4 Å². The number of anilines is 3. The molecule has 7 rings (SSSR count). The number of allylic oxidation sites excluding steroid dienone is 1. The monoisotopic (exact) mass is 574 g/mol. The van der Waals surface area contributed by atoms with Crippen molar-refractivity contribution in [2.75, 3.05) is 4.90 Å². The van der Waals surface area contributed by atoms with Crippen LogP contribution in [-0.4, -0.2) is 4.98 Å². The molecule has 0 spiro atoms. The molecule has 0 saturated heterocycles. The third-order valence-electron chi connectivity index (χ3n) is 9.09. The number of rotatable bonds is 4. The minimum absolute atomic E-state index is 0.0979. The zero-order chi connectivity index (χ0) is 30.1. The summed E-state index contributed by atoms with van der Waals surface area (Å²) in [5.74, 6) is 0.874. The topological polar surface area (TPSA) is 44.3 Å². The van der Waals surface area contributed by atoms with Gasteiger partial charge in [-0.3, -0.25) is 4.90 Å². The van der Waals surface area contributed by atoms with Gasteiger partial charge in [-0.15, -0.1) is 11.3 Å². The fourth-order valence-electron chi connectivity index (χ4n) is 6.72. The average Bonchev–Trinajstić information content (AvgIpc) is 3.60. The smallest absolute Gasteiger partial charge is 0.263 e. The predicted octanol–water partition coefficient (Wildman–Crippen LogP) is 10.3. The Balaban J connectivity index is 1.37. The van der Waals surface area contributed by atoms with E-state index >= 15 is 0 Å². The molecular weight excluding hydrogens is 545 g/mol. The van der Waals surface area contributed by atoms with Crippen molar-refractivity contribution in [3.63, 3.8) is 0 Å². The van der Waals surface area contributed by atoms with Gasteiger partial charge in [-0.05, 0) is 82.8 Å². The van der Waals surface area contributed by atoms with E-state index in [2.05, 4.69) is 123 Å². The fourth-order valence-corrected chi connectivity index (χ4v) is 8.00. The average molecular weight is 575 g/mol. The first-order chi connectivity index (χ1) is 20.6. The van der Waals surface area contributed by atoms with Crippen LogP contribution >= 0.6 is 11.3 Å². The highest BCUT2D eigenvalue weighted by Crippen LogP contribution is 2.54. The predicted molar refractivity (Wildman–Crippen MR) is 177 cm³/mol. The van der Waals surface area contributed by atoms with Crippen molar-refractivity contribution in [1.82, 2.24) is 4.98 Å². The highest BCUT2D eigenvalue weighted by atomic mass is 32.1. The Labute approximate surface area is 257 Å². The molecule has 0 aliphatic heterocycles. The van der Waals surface area contributed by atoms with Crippen LogP contribution in [0.1, 0.15) is 60.4 Å². The van der Waals surface area contributed by atoms with Crippen LogP contribution in [0.3, 0.4) is 0 Å². The summed E-state index contributed by atoms with van der Waals surface area (Å²) in [6.07, 6.45) is 3.68. The van der Waals surface area contributed by atoms with Gasteiger partial charge in [-0.25, -0.2) is 15.1 Å². The number of nitrogens with zero attached hydrogens (tertiary/aromatic N) is 4. The van der Waals surface area contributed by atoms with E-state index in [1.165, 1.54) is 38.9 Å². The lowest BCUT2D eigenvalue weighted by atomic mass is 9.82. The molecule has 5 aromatic rings. The third kappa shape index (κ3) is 4.04. The van der Waals surface area contributed by atoms with Crippen LogP contribution in [0.25, 0.3) is 32.5 Å². The van der Waals surface area contributed by atoms with Gasteiger partial charge in [0.05, 0.1) is 12.6 Å². The third-order valence-corrected chi connectivity index (χ3v) is 10.2. The quantitative estimate of drug-likeness (QED) is 0.158. The number of thiophene rings is 1. The Morgan fingerprint density at radius 2 is 1.51 bits per heavy atom.